The number of ether oxygens (including phenoxy) is 2. The standard InChI is InChI=1S/C15H20ClN3O2/c1-11-14(15(16)19(2)18-11)10-17-8-9-21-13-6-4-12(20-3)5-7-13/h4-7,17H,8-10H2,1-3H3. The average Bonchev–Trinajstić information content (AvgIpc) is 2.73. The maximum Gasteiger partial charge on any atom is 0.131 e. The summed E-state index contributed by atoms with van der Waals surface area (Å²) < 4.78 is 12.4. The van der Waals surface area contributed by atoms with E-state index in [1.54, 1.807) is 11.8 Å². The average molecular weight is 310 g/mol. The van der Waals surface area contributed by atoms with Crippen LogP contribution in [-0.2, 0) is 13.6 Å². The normalized spacial score (nSPS) is 10.7. The van der Waals surface area contributed by atoms with Crippen LogP contribution in [0.25, 0.3) is 0 Å². The minimum Gasteiger partial charge on any atom is -0.497 e. The number of hydrogen-bond donors (Lipinski definition) is 1. The highest BCUT2D eigenvalue weighted by molar-refractivity contribution is 6.30. The lowest BCUT2D eigenvalue weighted by molar-refractivity contribution is 0.313. The van der Waals surface area contributed by atoms with E-state index in [0.29, 0.717) is 18.3 Å². The largest absolute Gasteiger partial charge is 0.497 e. The van der Waals surface area contributed by atoms with Gasteiger partial charge in [-0.1, -0.05) is 11.6 Å². The molecule has 2 aromatic rings. The molecular weight excluding hydrogens is 290 g/mol. The summed E-state index contributed by atoms with van der Waals surface area (Å²) in [6, 6.07) is 7.53. The second-order valence-corrected chi connectivity index (χ2v) is 5.04. The topological polar surface area (TPSA) is 48.3 Å². The van der Waals surface area contributed by atoms with Crippen LogP contribution in [0.1, 0.15) is 11.3 Å². The van der Waals surface area contributed by atoms with Gasteiger partial charge in [0.25, 0.3) is 0 Å². The summed E-state index contributed by atoms with van der Waals surface area (Å²) >= 11 is 6.17. The van der Waals surface area contributed by atoms with Gasteiger partial charge in [0.1, 0.15) is 23.3 Å². The zero-order valence-electron chi connectivity index (χ0n) is 12.5. The van der Waals surface area contributed by atoms with Crippen LogP contribution >= 0.6 is 11.6 Å². The molecule has 0 radical (unpaired) electrons. The Morgan fingerprint density at radius 3 is 2.48 bits per heavy atom. The highest BCUT2D eigenvalue weighted by Gasteiger charge is 2.09. The van der Waals surface area contributed by atoms with Gasteiger partial charge >= 0.3 is 0 Å². The van der Waals surface area contributed by atoms with E-state index in [2.05, 4.69) is 10.4 Å². The molecule has 1 aromatic heterocycles. The molecule has 0 aliphatic rings. The molecular formula is C15H20ClN3O2. The van der Waals surface area contributed by atoms with Crippen LogP contribution in [0.2, 0.25) is 5.15 Å². The summed E-state index contributed by atoms with van der Waals surface area (Å²) in [7, 11) is 3.48. The van der Waals surface area contributed by atoms with Gasteiger partial charge in [-0.2, -0.15) is 5.10 Å². The smallest absolute Gasteiger partial charge is 0.131 e. The second-order valence-electron chi connectivity index (χ2n) is 4.68. The van der Waals surface area contributed by atoms with Gasteiger partial charge in [0.2, 0.25) is 0 Å². The molecule has 0 unspecified atom stereocenters. The summed E-state index contributed by atoms with van der Waals surface area (Å²) in [6.45, 7) is 3.96. The second kappa shape index (κ2) is 7.33. The summed E-state index contributed by atoms with van der Waals surface area (Å²) in [5.74, 6) is 1.65. The lowest BCUT2D eigenvalue weighted by Crippen LogP contribution is -2.21. The number of methoxy groups -OCH3 is 1. The fraction of sp³-hybridized carbons (Fsp3) is 0.400. The molecule has 0 atom stereocenters. The van der Waals surface area contributed by atoms with Gasteiger partial charge in [0, 0.05) is 25.7 Å². The van der Waals surface area contributed by atoms with Gasteiger partial charge in [-0.05, 0) is 31.2 Å². The lowest BCUT2D eigenvalue weighted by Gasteiger charge is -2.08. The molecule has 0 saturated carbocycles. The predicted octanol–water partition coefficient (Wildman–Crippen LogP) is 2.56. The van der Waals surface area contributed by atoms with Crippen LogP contribution in [0.3, 0.4) is 0 Å². The Bertz CT molecular complexity index is 581. The van der Waals surface area contributed by atoms with Crippen LogP contribution in [0.4, 0.5) is 0 Å². The summed E-state index contributed by atoms with van der Waals surface area (Å²) in [5.41, 5.74) is 1.98. The summed E-state index contributed by atoms with van der Waals surface area (Å²) in [5, 5.41) is 8.25. The first-order chi connectivity index (χ1) is 10.1. The molecule has 0 amide bonds. The fourth-order valence-electron chi connectivity index (χ4n) is 2.00. The number of benzene rings is 1. The fourth-order valence-corrected chi connectivity index (χ4v) is 2.24. The summed E-state index contributed by atoms with van der Waals surface area (Å²) in [6.07, 6.45) is 0. The van der Waals surface area contributed by atoms with Crippen LogP contribution < -0.4 is 14.8 Å². The number of aromatic nitrogens is 2. The van der Waals surface area contributed by atoms with Gasteiger partial charge in [-0.15, -0.1) is 0 Å². The van der Waals surface area contributed by atoms with Crippen molar-refractivity contribution >= 4 is 11.6 Å². The Morgan fingerprint density at radius 2 is 1.90 bits per heavy atom. The van der Waals surface area contributed by atoms with Gasteiger partial charge < -0.3 is 14.8 Å². The van der Waals surface area contributed by atoms with E-state index >= 15 is 0 Å². The molecule has 0 spiro atoms. The highest BCUT2D eigenvalue weighted by Crippen LogP contribution is 2.18. The van der Waals surface area contributed by atoms with Gasteiger partial charge in [0.15, 0.2) is 0 Å². The predicted molar refractivity (Wildman–Crippen MR) is 83.2 cm³/mol. The number of rotatable bonds is 7. The Kier molecular flexibility index (Phi) is 5.47. The van der Waals surface area contributed by atoms with Gasteiger partial charge in [-0.25, -0.2) is 0 Å². The Balaban J connectivity index is 1.72. The third-order valence-corrected chi connectivity index (χ3v) is 3.65. The van der Waals surface area contributed by atoms with Crippen LogP contribution in [0.15, 0.2) is 24.3 Å². The molecule has 21 heavy (non-hydrogen) atoms. The van der Waals surface area contributed by atoms with Crippen molar-refractivity contribution in [2.45, 2.75) is 13.5 Å². The number of aryl methyl sites for hydroxylation is 2. The van der Waals surface area contributed by atoms with E-state index < -0.39 is 0 Å². The van der Waals surface area contributed by atoms with Crippen molar-refractivity contribution < 1.29 is 9.47 Å². The van der Waals surface area contributed by atoms with Gasteiger partial charge in [-0.3, -0.25) is 4.68 Å². The number of nitrogens with zero attached hydrogens (tertiary/aromatic N) is 2. The van der Waals surface area contributed by atoms with E-state index in [0.717, 1.165) is 29.3 Å². The van der Waals surface area contributed by atoms with Crippen LogP contribution in [0.5, 0.6) is 11.5 Å². The van der Waals surface area contributed by atoms with Crippen molar-refractivity contribution in [1.82, 2.24) is 15.1 Å². The molecule has 0 saturated heterocycles. The molecule has 1 N–H and O–H groups in total. The van der Waals surface area contributed by atoms with E-state index in [1.807, 2.05) is 38.2 Å². The quantitative estimate of drug-likeness (QED) is 0.799. The van der Waals surface area contributed by atoms with Crippen molar-refractivity contribution in [1.29, 1.82) is 0 Å². The van der Waals surface area contributed by atoms with E-state index in [4.69, 9.17) is 21.1 Å². The van der Waals surface area contributed by atoms with Gasteiger partial charge in [0.05, 0.1) is 12.8 Å². The molecule has 0 fully saturated rings. The molecule has 0 bridgehead atoms. The Morgan fingerprint density at radius 1 is 1.24 bits per heavy atom. The molecule has 114 valence electrons. The SMILES string of the molecule is COc1ccc(OCCNCc2c(C)nn(C)c2Cl)cc1. The molecule has 6 heteroatoms. The first-order valence-electron chi connectivity index (χ1n) is 6.77. The maximum absolute atomic E-state index is 6.17. The number of nitrogens with one attached hydrogen (secondary N) is 1. The monoisotopic (exact) mass is 309 g/mol. The minimum atomic E-state index is 0.587. The maximum atomic E-state index is 6.17. The third kappa shape index (κ3) is 4.12. The molecule has 5 nitrogen and oxygen atoms in total. The van der Waals surface area contributed by atoms with Crippen molar-refractivity contribution in [3.63, 3.8) is 0 Å². The minimum absolute atomic E-state index is 0.587. The molecule has 1 heterocycles. The zero-order chi connectivity index (χ0) is 15.2. The number of halogens is 1. The lowest BCUT2D eigenvalue weighted by atomic mass is 10.2. The molecule has 0 aliphatic heterocycles. The van der Waals surface area contributed by atoms with Crippen molar-refractivity contribution in [3.8, 4) is 11.5 Å². The van der Waals surface area contributed by atoms with E-state index in [9.17, 15) is 0 Å². The van der Waals surface area contributed by atoms with Crippen LogP contribution in [0, 0.1) is 6.92 Å². The van der Waals surface area contributed by atoms with Crippen molar-refractivity contribution in [2.24, 2.45) is 7.05 Å². The van der Waals surface area contributed by atoms with Crippen molar-refractivity contribution in [3.05, 3.63) is 40.7 Å². The zero-order valence-corrected chi connectivity index (χ0v) is 13.3. The number of hydrogen-bond acceptors (Lipinski definition) is 4. The Hall–Kier alpha value is -1.72. The van der Waals surface area contributed by atoms with E-state index in [1.165, 1.54) is 0 Å². The van der Waals surface area contributed by atoms with E-state index in [-0.39, 0.29) is 0 Å². The molecule has 1 aromatic carbocycles. The van der Waals surface area contributed by atoms with Crippen molar-refractivity contribution in [2.75, 3.05) is 20.3 Å². The first-order valence-corrected chi connectivity index (χ1v) is 7.15. The first kappa shape index (κ1) is 15.7. The van der Waals surface area contributed by atoms with Crippen LogP contribution in [-0.4, -0.2) is 30.0 Å². The third-order valence-electron chi connectivity index (χ3n) is 3.18. The highest BCUT2D eigenvalue weighted by atomic mass is 35.5. The molecule has 0 aliphatic carbocycles. The molecule has 2 rings (SSSR count). The summed E-state index contributed by atoms with van der Waals surface area (Å²) in [4.78, 5) is 0. The Labute approximate surface area is 129 Å².